The lowest BCUT2D eigenvalue weighted by atomic mass is 10.0. The maximum atomic E-state index is 13.4. The van der Waals surface area contributed by atoms with Gasteiger partial charge >= 0.3 is 11.9 Å². The van der Waals surface area contributed by atoms with Crippen LogP contribution in [0.15, 0.2) is 84.9 Å². The van der Waals surface area contributed by atoms with Gasteiger partial charge in [-0.1, -0.05) is 60.7 Å². The summed E-state index contributed by atoms with van der Waals surface area (Å²) in [6, 6.07) is 26.0. The summed E-state index contributed by atoms with van der Waals surface area (Å²) in [6.45, 7) is 7.10. The Morgan fingerprint density at radius 2 is 1.21 bits per heavy atom. The van der Waals surface area contributed by atoms with Gasteiger partial charge in [0, 0.05) is 76.4 Å². The topological polar surface area (TPSA) is 182 Å². The minimum absolute atomic E-state index is 0.0194. The fraction of sp³-hybridized carbons (Fsp3) is 0.472. The maximum absolute atomic E-state index is 13.4. The quantitative estimate of drug-likeness (QED) is 0.0345. The molecule has 0 unspecified atom stereocenters. The molecule has 2 amide bonds. The Morgan fingerprint density at radius 1 is 0.643 bits per heavy atom. The molecule has 3 heterocycles. The normalized spacial score (nSPS) is 11.8. The Kier molecular flexibility index (Phi) is 25.4. The van der Waals surface area contributed by atoms with Crippen LogP contribution < -0.4 is 10.2 Å². The van der Waals surface area contributed by atoms with Crippen LogP contribution in [0.1, 0.15) is 87.6 Å². The second kappa shape index (κ2) is 32.2. The van der Waals surface area contributed by atoms with Crippen molar-refractivity contribution in [3.63, 3.8) is 0 Å². The van der Waals surface area contributed by atoms with Gasteiger partial charge < -0.3 is 39.0 Å². The number of hydrogen-bond donors (Lipinski definition) is 2. The summed E-state index contributed by atoms with van der Waals surface area (Å²) in [5.74, 6) is 7.29. The van der Waals surface area contributed by atoms with Gasteiger partial charge in [0.05, 0.1) is 77.5 Å². The standard InChI is InChI=1S/C53H68N6O10S/c1-65-52(63)47-18-10-16-45(55-47)40-57(26-30-60)27-33-68-35-36-69-34-29-58(41-46-17-11-19-48(56-46)53(64)66-2)28-32-67-31-12-38-70-37-9-3-8-25-54-50(61)23-24-51(62)59-39-44-15-5-4-13-42(44)21-22-43-14-6-7-20-49(43)59/h4-7,10-11,13-20,60H,3,8-9,12,23-41H2,1-2H3,(H,54,61). The van der Waals surface area contributed by atoms with Crippen LogP contribution in [0.5, 0.6) is 0 Å². The lowest BCUT2D eigenvalue weighted by Gasteiger charge is -2.26. The number of methoxy groups -OCH3 is 2. The van der Waals surface area contributed by atoms with E-state index in [2.05, 4.69) is 32.0 Å². The van der Waals surface area contributed by atoms with Crippen molar-refractivity contribution < 1.29 is 48.0 Å². The molecule has 0 fully saturated rings. The molecule has 0 saturated carbocycles. The molecule has 2 aromatic heterocycles. The van der Waals surface area contributed by atoms with Crippen LogP contribution in [0.2, 0.25) is 0 Å². The SMILES string of the molecule is COC(=O)c1cccc(CN(CCO)CCOCCOCCN(CCOCCCSCCCCCNC(=O)CCC(=O)N2Cc3ccccc3C#Cc3ccccc32)Cc2cccc(C(=O)OC)n2)n1. The highest BCUT2D eigenvalue weighted by atomic mass is 32.2. The predicted octanol–water partition coefficient (Wildman–Crippen LogP) is 5.53. The summed E-state index contributed by atoms with van der Waals surface area (Å²) in [5.41, 5.74) is 5.39. The summed E-state index contributed by atoms with van der Waals surface area (Å²) in [7, 11) is 2.65. The van der Waals surface area contributed by atoms with Gasteiger partial charge in [-0.05, 0) is 78.8 Å². The van der Waals surface area contributed by atoms with E-state index in [1.165, 1.54) is 14.2 Å². The fourth-order valence-corrected chi connectivity index (χ4v) is 8.40. The van der Waals surface area contributed by atoms with Crippen LogP contribution in [0.4, 0.5) is 5.69 Å². The molecule has 0 saturated heterocycles. The van der Waals surface area contributed by atoms with Crippen LogP contribution >= 0.6 is 11.8 Å². The first kappa shape index (κ1) is 55.2. The van der Waals surface area contributed by atoms with Crippen molar-refractivity contribution >= 4 is 41.2 Å². The Morgan fingerprint density at radius 3 is 1.86 bits per heavy atom. The zero-order valence-electron chi connectivity index (χ0n) is 40.6. The number of unbranched alkanes of at least 4 members (excludes halogenated alkanes) is 2. The van der Waals surface area contributed by atoms with Crippen LogP contribution in [0.25, 0.3) is 0 Å². The van der Waals surface area contributed by atoms with E-state index < -0.39 is 11.9 Å². The number of esters is 2. The van der Waals surface area contributed by atoms with Crippen LogP contribution in [0.3, 0.4) is 0 Å². The summed E-state index contributed by atoms with van der Waals surface area (Å²) >= 11 is 1.90. The van der Waals surface area contributed by atoms with E-state index in [0.717, 1.165) is 65.3 Å². The Labute approximate surface area is 416 Å². The molecule has 17 heteroatoms. The summed E-state index contributed by atoms with van der Waals surface area (Å²) in [4.78, 5) is 64.9. The first-order chi connectivity index (χ1) is 34.3. The van der Waals surface area contributed by atoms with E-state index in [1.54, 1.807) is 29.2 Å². The molecule has 2 N–H and O–H groups in total. The molecule has 0 radical (unpaired) electrons. The lowest BCUT2D eigenvalue weighted by Crippen LogP contribution is -2.33. The molecule has 5 rings (SSSR count). The maximum Gasteiger partial charge on any atom is 0.356 e. The number of aliphatic hydroxyl groups excluding tert-OH is 1. The number of pyridine rings is 2. The summed E-state index contributed by atoms with van der Waals surface area (Å²) < 4.78 is 27.4. The van der Waals surface area contributed by atoms with Crippen molar-refractivity contribution in [3.8, 4) is 11.8 Å². The lowest BCUT2D eigenvalue weighted by molar-refractivity contribution is -0.125. The van der Waals surface area contributed by atoms with E-state index in [1.807, 2.05) is 77.3 Å². The number of aliphatic hydroxyl groups is 1. The first-order valence-electron chi connectivity index (χ1n) is 24.0. The second-order valence-electron chi connectivity index (χ2n) is 16.4. The Bertz CT molecular complexity index is 2310. The molecule has 16 nitrogen and oxygen atoms in total. The minimum Gasteiger partial charge on any atom is -0.464 e. The van der Waals surface area contributed by atoms with Crippen LogP contribution in [0, 0.1) is 11.8 Å². The molecule has 376 valence electrons. The number of ether oxygens (including phenoxy) is 5. The fourth-order valence-electron chi connectivity index (χ4n) is 7.47. The number of benzene rings is 2. The number of carbonyl (C=O) groups is 4. The molecule has 1 aliphatic heterocycles. The molecule has 0 bridgehead atoms. The van der Waals surface area contributed by atoms with E-state index in [-0.39, 0.29) is 42.7 Å². The van der Waals surface area contributed by atoms with Gasteiger partial charge in [-0.3, -0.25) is 19.4 Å². The van der Waals surface area contributed by atoms with E-state index >= 15 is 0 Å². The van der Waals surface area contributed by atoms with E-state index in [9.17, 15) is 24.3 Å². The van der Waals surface area contributed by atoms with Crippen molar-refractivity contribution in [2.75, 3.05) is 110 Å². The van der Waals surface area contributed by atoms with Gasteiger partial charge in [0.25, 0.3) is 0 Å². The van der Waals surface area contributed by atoms with Gasteiger partial charge in [0.2, 0.25) is 11.8 Å². The number of para-hydroxylation sites is 1. The third-order valence-electron chi connectivity index (χ3n) is 11.2. The summed E-state index contributed by atoms with van der Waals surface area (Å²) in [5, 5.41) is 12.6. The number of aromatic nitrogens is 2. The zero-order chi connectivity index (χ0) is 49.6. The Hall–Kier alpha value is -5.71. The second-order valence-corrected chi connectivity index (χ2v) is 17.6. The highest BCUT2D eigenvalue weighted by Gasteiger charge is 2.22. The van der Waals surface area contributed by atoms with Crippen molar-refractivity contribution in [2.45, 2.75) is 58.2 Å². The molecule has 70 heavy (non-hydrogen) atoms. The highest BCUT2D eigenvalue weighted by Crippen LogP contribution is 2.26. The predicted molar refractivity (Wildman–Crippen MR) is 269 cm³/mol. The molecule has 0 aliphatic carbocycles. The number of hydrogen-bond acceptors (Lipinski definition) is 15. The molecule has 2 aromatic carbocycles. The smallest absolute Gasteiger partial charge is 0.356 e. The van der Waals surface area contributed by atoms with Crippen molar-refractivity contribution in [3.05, 3.63) is 124 Å². The largest absolute Gasteiger partial charge is 0.464 e. The van der Waals surface area contributed by atoms with E-state index in [4.69, 9.17) is 23.7 Å². The van der Waals surface area contributed by atoms with Crippen molar-refractivity contribution in [2.24, 2.45) is 0 Å². The number of carbonyl (C=O) groups excluding carboxylic acids is 4. The highest BCUT2D eigenvalue weighted by molar-refractivity contribution is 7.99. The zero-order valence-corrected chi connectivity index (χ0v) is 41.4. The monoisotopic (exact) mass is 980 g/mol. The molecule has 0 atom stereocenters. The van der Waals surface area contributed by atoms with Crippen LogP contribution in [-0.2, 0) is 52.9 Å². The number of thioether (sulfide) groups is 1. The minimum atomic E-state index is -0.498. The number of fused-ring (bicyclic) bond motifs is 2. The molecule has 0 spiro atoms. The number of rotatable bonds is 33. The third kappa shape index (κ3) is 20.0. The molecule has 4 aromatic rings. The van der Waals surface area contributed by atoms with Gasteiger partial charge in [-0.15, -0.1) is 0 Å². The Balaban J connectivity index is 0.905. The van der Waals surface area contributed by atoms with Crippen molar-refractivity contribution in [1.82, 2.24) is 25.1 Å². The third-order valence-corrected chi connectivity index (χ3v) is 12.4. The molecular formula is C53H68N6O10S. The van der Waals surface area contributed by atoms with Gasteiger partial charge in [0.15, 0.2) is 0 Å². The van der Waals surface area contributed by atoms with Crippen molar-refractivity contribution in [1.29, 1.82) is 0 Å². The van der Waals surface area contributed by atoms with E-state index in [0.29, 0.717) is 97.7 Å². The summed E-state index contributed by atoms with van der Waals surface area (Å²) in [6.07, 6.45) is 4.16. The van der Waals surface area contributed by atoms with Gasteiger partial charge in [-0.25, -0.2) is 19.6 Å². The average Bonchev–Trinajstić information content (AvgIpc) is 3.37. The number of amides is 2. The number of anilines is 1. The average molecular weight is 981 g/mol. The number of nitrogens with zero attached hydrogens (tertiary/aromatic N) is 5. The molecular weight excluding hydrogens is 913 g/mol. The van der Waals surface area contributed by atoms with Gasteiger partial charge in [0.1, 0.15) is 11.4 Å². The molecule has 1 aliphatic rings. The van der Waals surface area contributed by atoms with Gasteiger partial charge in [-0.2, -0.15) is 11.8 Å². The number of nitrogens with one attached hydrogen (secondary N) is 1. The first-order valence-corrected chi connectivity index (χ1v) is 25.1. The van der Waals surface area contributed by atoms with Crippen LogP contribution in [-0.4, -0.2) is 153 Å².